The van der Waals surface area contributed by atoms with Crippen LogP contribution in [0.5, 0.6) is 11.5 Å². The maximum Gasteiger partial charge on any atom is 0.333 e. The summed E-state index contributed by atoms with van der Waals surface area (Å²) >= 11 is 0. The molecular weight excluding hydrogens is 540 g/mol. The minimum absolute atomic E-state index is 0.0204. The van der Waals surface area contributed by atoms with Crippen LogP contribution in [-0.2, 0) is 38.9 Å². The number of ether oxygens (including phenoxy) is 6. The van der Waals surface area contributed by atoms with Gasteiger partial charge in [0.15, 0.2) is 6.10 Å². The molecule has 0 N–H and O–H groups in total. The molecular formula is C33H34O9. The van der Waals surface area contributed by atoms with E-state index in [1.165, 1.54) is 21.0 Å². The van der Waals surface area contributed by atoms with E-state index in [-0.39, 0.29) is 12.0 Å². The lowest BCUT2D eigenvalue weighted by atomic mass is 9.79. The van der Waals surface area contributed by atoms with Crippen molar-refractivity contribution in [2.45, 2.75) is 44.2 Å². The monoisotopic (exact) mass is 574 g/mol. The van der Waals surface area contributed by atoms with Crippen LogP contribution in [0, 0.1) is 0 Å². The number of rotatable bonds is 10. The van der Waals surface area contributed by atoms with E-state index < -0.39 is 41.8 Å². The molecule has 1 aliphatic rings. The third-order valence-corrected chi connectivity index (χ3v) is 7.03. The smallest absolute Gasteiger partial charge is 0.333 e. The quantitative estimate of drug-likeness (QED) is 0.193. The fraction of sp³-hybridized carbons (Fsp3) is 0.303. The fourth-order valence-electron chi connectivity index (χ4n) is 5.18. The largest absolute Gasteiger partial charge is 0.497 e. The molecule has 1 aliphatic carbocycles. The van der Waals surface area contributed by atoms with Crippen LogP contribution in [0.15, 0.2) is 90.5 Å². The Morgan fingerprint density at radius 2 is 1.19 bits per heavy atom. The molecule has 0 aromatic heterocycles. The van der Waals surface area contributed by atoms with Gasteiger partial charge in [-0.15, -0.1) is 0 Å². The minimum Gasteiger partial charge on any atom is -0.497 e. The molecule has 0 radical (unpaired) electrons. The van der Waals surface area contributed by atoms with Crippen molar-refractivity contribution < 1.29 is 42.8 Å². The Kier molecular flexibility index (Phi) is 9.64. The highest BCUT2D eigenvalue weighted by Crippen LogP contribution is 2.44. The van der Waals surface area contributed by atoms with E-state index in [2.05, 4.69) is 0 Å². The molecule has 0 fully saturated rings. The van der Waals surface area contributed by atoms with E-state index in [1.54, 1.807) is 20.3 Å². The molecule has 9 nitrogen and oxygen atoms in total. The molecule has 0 saturated carbocycles. The lowest BCUT2D eigenvalue weighted by Crippen LogP contribution is -2.50. The van der Waals surface area contributed by atoms with Crippen molar-refractivity contribution in [1.82, 2.24) is 0 Å². The third kappa shape index (κ3) is 6.47. The topological polar surface area (TPSA) is 107 Å². The van der Waals surface area contributed by atoms with Gasteiger partial charge >= 0.3 is 17.9 Å². The number of esters is 3. The van der Waals surface area contributed by atoms with Crippen molar-refractivity contribution in [3.8, 4) is 11.5 Å². The summed E-state index contributed by atoms with van der Waals surface area (Å²) < 4.78 is 34.2. The molecule has 0 unspecified atom stereocenters. The summed E-state index contributed by atoms with van der Waals surface area (Å²) in [5, 5.41) is 0. The standard InChI is InChI=1S/C33H34O9/c1-21(34)40-29-19-23(32(36)39-5)20-30(31(29)41-22(2)35)42-33(24-9-7-6-8-10-24,25-11-15-27(37-3)16-12-25)26-13-17-28(38-4)18-14-26/h6-18,20,29-31H,19H2,1-5H3/t29-,30-,31+/m1/s1. The van der Waals surface area contributed by atoms with E-state index in [4.69, 9.17) is 28.4 Å². The van der Waals surface area contributed by atoms with Gasteiger partial charge in [-0.2, -0.15) is 0 Å². The van der Waals surface area contributed by atoms with Crippen molar-refractivity contribution >= 4 is 17.9 Å². The first kappa shape index (κ1) is 30.3. The van der Waals surface area contributed by atoms with Crippen LogP contribution in [0.4, 0.5) is 0 Å². The van der Waals surface area contributed by atoms with Gasteiger partial charge in [0.05, 0.1) is 21.3 Å². The summed E-state index contributed by atoms with van der Waals surface area (Å²) in [6.07, 6.45) is -1.57. The van der Waals surface area contributed by atoms with Gasteiger partial charge in [-0.05, 0) is 47.0 Å². The lowest BCUT2D eigenvalue weighted by molar-refractivity contribution is -0.184. The molecule has 4 rings (SSSR count). The lowest BCUT2D eigenvalue weighted by Gasteiger charge is -2.43. The summed E-state index contributed by atoms with van der Waals surface area (Å²) in [5.74, 6) is -0.509. The highest BCUT2D eigenvalue weighted by atomic mass is 16.6. The second-order valence-corrected chi connectivity index (χ2v) is 9.70. The average Bonchev–Trinajstić information content (AvgIpc) is 3.00. The maximum absolute atomic E-state index is 12.8. The molecule has 0 saturated heterocycles. The number of hydrogen-bond donors (Lipinski definition) is 0. The number of methoxy groups -OCH3 is 3. The molecule has 0 amide bonds. The second-order valence-electron chi connectivity index (χ2n) is 9.70. The van der Waals surface area contributed by atoms with Gasteiger partial charge in [0.1, 0.15) is 29.3 Å². The fourth-order valence-corrected chi connectivity index (χ4v) is 5.18. The second kappa shape index (κ2) is 13.4. The highest BCUT2D eigenvalue weighted by Gasteiger charge is 2.47. The molecule has 0 spiro atoms. The Bertz CT molecular complexity index is 1360. The minimum atomic E-state index is -1.31. The predicted molar refractivity (Wildman–Crippen MR) is 153 cm³/mol. The van der Waals surface area contributed by atoms with Gasteiger partial charge in [0.25, 0.3) is 0 Å². The van der Waals surface area contributed by atoms with Gasteiger partial charge in [-0.25, -0.2) is 4.79 Å². The van der Waals surface area contributed by atoms with E-state index in [9.17, 15) is 14.4 Å². The van der Waals surface area contributed by atoms with Crippen LogP contribution in [0.3, 0.4) is 0 Å². The van der Waals surface area contributed by atoms with Gasteiger partial charge in [0, 0.05) is 25.8 Å². The van der Waals surface area contributed by atoms with Crippen LogP contribution in [0.25, 0.3) is 0 Å². The highest BCUT2D eigenvalue weighted by molar-refractivity contribution is 5.89. The number of carbonyl (C=O) groups is 3. The summed E-state index contributed by atoms with van der Waals surface area (Å²) in [6, 6.07) is 24.3. The van der Waals surface area contributed by atoms with Crippen LogP contribution in [0.1, 0.15) is 37.0 Å². The van der Waals surface area contributed by atoms with E-state index in [0.29, 0.717) is 11.5 Å². The van der Waals surface area contributed by atoms with Gasteiger partial charge in [-0.1, -0.05) is 54.6 Å². The number of hydrogen-bond acceptors (Lipinski definition) is 9. The number of benzene rings is 3. The van der Waals surface area contributed by atoms with Crippen LogP contribution in [0.2, 0.25) is 0 Å². The summed E-state index contributed by atoms with van der Waals surface area (Å²) in [4.78, 5) is 37.2. The molecule has 9 heteroatoms. The Balaban J connectivity index is 2.00. The van der Waals surface area contributed by atoms with Gasteiger partial charge < -0.3 is 28.4 Å². The van der Waals surface area contributed by atoms with Crippen LogP contribution >= 0.6 is 0 Å². The Labute approximate surface area is 244 Å². The number of carbonyl (C=O) groups excluding carboxylic acids is 3. The van der Waals surface area contributed by atoms with E-state index in [0.717, 1.165) is 16.7 Å². The zero-order valence-electron chi connectivity index (χ0n) is 24.2. The van der Waals surface area contributed by atoms with Gasteiger partial charge in [0.2, 0.25) is 0 Å². The molecule has 0 bridgehead atoms. The van der Waals surface area contributed by atoms with Crippen molar-refractivity contribution in [1.29, 1.82) is 0 Å². The molecule has 3 atom stereocenters. The molecule has 42 heavy (non-hydrogen) atoms. The van der Waals surface area contributed by atoms with Crippen LogP contribution < -0.4 is 9.47 Å². The van der Waals surface area contributed by atoms with Crippen molar-refractivity contribution in [3.05, 3.63) is 107 Å². The van der Waals surface area contributed by atoms with Crippen molar-refractivity contribution in [2.75, 3.05) is 21.3 Å². The van der Waals surface area contributed by atoms with Crippen molar-refractivity contribution in [2.24, 2.45) is 0 Å². The normalized spacial score (nSPS) is 18.3. The molecule has 220 valence electrons. The predicted octanol–water partition coefficient (Wildman–Crippen LogP) is 4.75. The summed E-state index contributed by atoms with van der Waals surface area (Å²) in [5.41, 5.74) is 1.12. The summed E-state index contributed by atoms with van der Waals surface area (Å²) in [7, 11) is 4.43. The van der Waals surface area contributed by atoms with Crippen LogP contribution in [-0.4, -0.2) is 57.5 Å². The molecule has 3 aromatic rings. The first-order chi connectivity index (χ1) is 20.2. The Morgan fingerprint density at radius 3 is 1.64 bits per heavy atom. The SMILES string of the molecule is COC(=O)C1=C[C@@H](OC(c2ccccc2)(c2ccc(OC)cc2)c2ccc(OC)cc2)[C@@H](OC(C)=O)[C@H](OC(C)=O)C1. The van der Waals surface area contributed by atoms with Crippen molar-refractivity contribution in [3.63, 3.8) is 0 Å². The first-order valence-electron chi connectivity index (χ1n) is 13.4. The Morgan fingerprint density at radius 1 is 0.690 bits per heavy atom. The Hall–Kier alpha value is -4.63. The first-order valence-corrected chi connectivity index (χ1v) is 13.4. The zero-order valence-corrected chi connectivity index (χ0v) is 24.2. The van der Waals surface area contributed by atoms with E-state index in [1.807, 2.05) is 78.9 Å². The molecule has 0 heterocycles. The van der Waals surface area contributed by atoms with E-state index >= 15 is 0 Å². The summed E-state index contributed by atoms with van der Waals surface area (Å²) in [6.45, 7) is 2.51. The molecule has 0 aliphatic heterocycles. The zero-order chi connectivity index (χ0) is 30.3. The average molecular weight is 575 g/mol. The maximum atomic E-state index is 12.8. The van der Waals surface area contributed by atoms with Gasteiger partial charge in [-0.3, -0.25) is 9.59 Å². The molecule has 3 aromatic carbocycles. The third-order valence-electron chi connectivity index (χ3n) is 7.03.